The molecule has 0 saturated heterocycles. The molecule has 0 aliphatic heterocycles. The third-order valence-corrected chi connectivity index (χ3v) is 4.45. The Morgan fingerprint density at radius 2 is 1.74 bits per heavy atom. The van der Waals surface area contributed by atoms with Crippen LogP contribution in [0.25, 0.3) is 5.69 Å². The van der Waals surface area contributed by atoms with Crippen LogP contribution < -0.4 is 0 Å². The second-order valence-corrected chi connectivity index (χ2v) is 6.17. The highest BCUT2D eigenvalue weighted by Crippen LogP contribution is 2.26. The molecule has 138 valence electrons. The molecule has 0 N–H and O–H groups in total. The molecule has 1 atom stereocenters. The Morgan fingerprint density at radius 3 is 2.41 bits per heavy atom. The number of methoxy groups -OCH3 is 1. The maximum atomic E-state index is 13.4. The molecule has 0 unspecified atom stereocenters. The summed E-state index contributed by atoms with van der Waals surface area (Å²) in [7, 11) is 2.84. The van der Waals surface area contributed by atoms with Gasteiger partial charge in [-0.25, -0.2) is 9.78 Å². The average molecular weight is 363 g/mol. The van der Waals surface area contributed by atoms with Crippen molar-refractivity contribution in [2.24, 2.45) is 0 Å². The van der Waals surface area contributed by atoms with Gasteiger partial charge in [0.15, 0.2) is 5.82 Å². The van der Waals surface area contributed by atoms with Gasteiger partial charge >= 0.3 is 6.09 Å². The Balaban J connectivity index is 2.08. The van der Waals surface area contributed by atoms with Crippen molar-refractivity contribution in [1.29, 1.82) is 0 Å². The third kappa shape index (κ3) is 3.60. The van der Waals surface area contributed by atoms with Gasteiger partial charge in [0, 0.05) is 19.4 Å². The van der Waals surface area contributed by atoms with E-state index < -0.39 is 12.1 Å². The van der Waals surface area contributed by atoms with Gasteiger partial charge in [0.05, 0.1) is 12.8 Å². The lowest BCUT2D eigenvalue weighted by atomic mass is 10.0. The number of carbonyl (C=O) groups is 2. The number of aromatic nitrogens is 2. The van der Waals surface area contributed by atoms with Gasteiger partial charge in [0.1, 0.15) is 6.04 Å². The number of carbonyl (C=O) groups excluding carboxylic acids is 2. The molecule has 6 heteroatoms. The van der Waals surface area contributed by atoms with E-state index in [0.717, 1.165) is 11.3 Å². The molecular formula is C21H21N3O3. The summed E-state index contributed by atoms with van der Waals surface area (Å²) in [5, 5.41) is 0. The molecule has 1 aromatic heterocycles. The van der Waals surface area contributed by atoms with Gasteiger partial charge in [-0.1, -0.05) is 48.5 Å². The zero-order chi connectivity index (χ0) is 19.4. The largest absolute Gasteiger partial charge is 0.453 e. The van der Waals surface area contributed by atoms with Crippen LogP contribution in [0.3, 0.4) is 0 Å². The molecule has 0 saturated carbocycles. The number of ether oxygens (including phenoxy) is 1. The molecule has 0 bridgehead atoms. The van der Waals surface area contributed by atoms with Gasteiger partial charge in [-0.3, -0.25) is 14.3 Å². The Morgan fingerprint density at radius 1 is 1.07 bits per heavy atom. The topological polar surface area (TPSA) is 64.4 Å². The number of imidazole rings is 1. The van der Waals surface area contributed by atoms with Gasteiger partial charge in [-0.2, -0.15) is 0 Å². The number of nitrogens with zero attached hydrogens (tertiary/aromatic N) is 3. The van der Waals surface area contributed by atoms with Gasteiger partial charge in [-0.05, 0) is 24.1 Å². The molecule has 27 heavy (non-hydrogen) atoms. The highest BCUT2D eigenvalue weighted by Gasteiger charge is 2.32. The van der Waals surface area contributed by atoms with E-state index in [4.69, 9.17) is 4.74 Å². The van der Waals surface area contributed by atoms with E-state index >= 15 is 0 Å². The van der Waals surface area contributed by atoms with Gasteiger partial charge in [-0.15, -0.1) is 0 Å². The fourth-order valence-electron chi connectivity index (χ4n) is 3.07. The number of likely N-dealkylation sites (N-methyl/N-ethyl adjacent to an activating group) is 1. The van der Waals surface area contributed by atoms with E-state index in [0.29, 0.717) is 5.56 Å². The first kappa shape index (κ1) is 18.4. The standard InChI is InChI=1S/C21H21N3O3/c1-15-9-7-8-12-17(15)24-14-13-22-20(24)19(25)18(23(2)21(26)27-3)16-10-5-4-6-11-16/h4-14,18H,1-3H3/t18-/m0/s1. The van der Waals surface area contributed by atoms with Crippen LogP contribution >= 0.6 is 0 Å². The highest BCUT2D eigenvalue weighted by atomic mass is 16.5. The normalized spacial score (nSPS) is 11.7. The van der Waals surface area contributed by atoms with Crippen LogP contribution in [0.15, 0.2) is 67.0 Å². The van der Waals surface area contributed by atoms with Crippen molar-refractivity contribution in [1.82, 2.24) is 14.5 Å². The number of hydrogen-bond acceptors (Lipinski definition) is 4. The summed E-state index contributed by atoms with van der Waals surface area (Å²) in [6, 6.07) is 16.0. The number of para-hydroxylation sites is 1. The van der Waals surface area contributed by atoms with Crippen molar-refractivity contribution in [3.63, 3.8) is 0 Å². The Kier molecular flexibility index (Phi) is 5.35. The summed E-state index contributed by atoms with van der Waals surface area (Å²) < 4.78 is 6.57. The van der Waals surface area contributed by atoms with Crippen LogP contribution in [-0.4, -0.2) is 40.5 Å². The molecule has 3 rings (SSSR count). The Hall–Kier alpha value is -3.41. The van der Waals surface area contributed by atoms with E-state index in [-0.39, 0.29) is 11.6 Å². The van der Waals surface area contributed by atoms with E-state index in [1.165, 1.54) is 12.0 Å². The average Bonchev–Trinajstić information content (AvgIpc) is 3.18. The number of aryl methyl sites for hydroxylation is 1. The van der Waals surface area contributed by atoms with Crippen molar-refractivity contribution < 1.29 is 14.3 Å². The summed E-state index contributed by atoms with van der Waals surface area (Å²) in [4.78, 5) is 31.1. The Bertz CT molecular complexity index is 950. The van der Waals surface area contributed by atoms with E-state index in [1.54, 1.807) is 24.0 Å². The second-order valence-electron chi connectivity index (χ2n) is 6.17. The van der Waals surface area contributed by atoms with Crippen molar-refractivity contribution >= 4 is 11.9 Å². The number of benzene rings is 2. The van der Waals surface area contributed by atoms with Crippen LogP contribution in [0, 0.1) is 6.92 Å². The number of Topliss-reactive ketones (excluding diaryl/α,β-unsaturated/α-hetero) is 1. The smallest absolute Gasteiger partial charge is 0.410 e. The molecule has 3 aromatic rings. The van der Waals surface area contributed by atoms with Crippen molar-refractivity contribution in [2.75, 3.05) is 14.2 Å². The molecule has 0 aliphatic carbocycles. The minimum Gasteiger partial charge on any atom is -0.453 e. The zero-order valence-corrected chi connectivity index (χ0v) is 15.5. The van der Waals surface area contributed by atoms with Crippen molar-refractivity contribution in [3.8, 4) is 5.69 Å². The number of hydrogen-bond donors (Lipinski definition) is 0. The molecule has 0 fully saturated rings. The second kappa shape index (κ2) is 7.86. The van der Waals surface area contributed by atoms with Crippen molar-refractivity contribution in [2.45, 2.75) is 13.0 Å². The van der Waals surface area contributed by atoms with Gasteiger partial charge < -0.3 is 4.74 Å². The number of ketones is 1. The molecule has 1 heterocycles. The lowest BCUT2D eigenvalue weighted by molar-refractivity contribution is 0.0782. The molecule has 6 nitrogen and oxygen atoms in total. The first-order valence-corrected chi connectivity index (χ1v) is 8.54. The lowest BCUT2D eigenvalue weighted by Gasteiger charge is -2.26. The third-order valence-electron chi connectivity index (χ3n) is 4.45. The first-order chi connectivity index (χ1) is 13.0. The molecule has 2 aromatic carbocycles. The Labute approximate surface area is 158 Å². The zero-order valence-electron chi connectivity index (χ0n) is 15.5. The number of rotatable bonds is 5. The summed E-state index contributed by atoms with van der Waals surface area (Å²) in [6.45, 7) is 1.97. The molecular weight excluding hydrogens is 342 g/mol. The van der Waals surface area contributed by atoms with Crippen LogP contribution in [0.4, 0.5) is 4.79 Å². The highest BCUT2D eigenvalue weighted by molar-refractivity contribution is 6.00. The van der Waals surface area contributed by atoms with Crippen molar-refractivity contribution in [3.05, 3.63) is 83.9 Å². The summed E-state index contributed by atoms with van der Waals surface area (Å²) in [5.74, 6) is -0.0312. The van der Waals surface area contributed by atoms with Crippen LogP contribution in [0.1, 0.15) is 27.8 Å². The molecule has 0 aliphatic rings. The molecule has 0 spiro atoms. The predicted molar refractivity (Wildman–Crippen MR) is 102 cm³/mol. The number of amides is 1. The maximum absolute atomic E-state index is 13.4. The van der Waals surface area contributed by atoms with E-state index in [1.807, 2.05) is 61.5 Å². The molecule has 0 radical (unpaired) electrons. The van der Waals surface area contributed by atoms with Crippen LogP contribution in [-0.2, 0) is 4.74 Å². The monoisotopic (exact) mass is 363 g/mol. The van der Waals surface area contributed by atoms with E-state index in [9.17, 15) is 9.59 Å². The predicted octanol–water partition coefficient (Wildman–Crippen LogP) is 3.80. The SMILES string of the molecule is COC(=O)N(C)[C@H](C(=O)c1nccn1-c1ccccc1C)c1ccccc1. The van der Waals surface area contributed by atoms with Crippen LogP contribution in [0.5, 0.6) is 0 Å². The molecule has 1 amide bonds. The quantitative estimate of drug-likeness (QED) is 0.647. The summed E-state index contributed by atoms with van der Waals surface area (Å²) >= 11 is 0. The minimum atomic E-state index is -0.844. The summed E-state index contributed by atoms with van der Waals surface area (Å²) in [5.41, 5.74) is 2.57. The van der Waals surface area contributed by atoms with Crippen LogP contribution in [0.2, 0.25) is 0 Å². The van der Waals surface area contributed by atoms with Gasteiger partial charge in [0.25, 0.3) is 0 Å². The van der Waals surface area contributed by atoms with Gasteiger partial charge in [0.2, 0.25) is 5.78 Å². The fraction of sp³-hybridized carbons (Fsp3) is 0.190. The fourth-order valence-corrected chi connectivity index (χ4v) is 3.07. The lowest BCUT2D eigenvalue weighted by Crippen LogP contribution is -2.36. The minimum absolute atomic E-state index is 0.258. The maximum Gasteiger partial charge on any atom is 0.410 e. The first-order valence-electron chi connectivity index (χ1n) is 8.54. The van der Waals surface area contributed by atoms with E-state index in [2.05, 4.69) is 4.98 Å². The summed E-state index contributed by atoms with van der Waals surface area (Å²) in [6.07, 6.45) is 2.74.